The first-order chi connectivity index (χ1) is 8.79. The molecule has 92 valence electrons. The molecule has 0 aliphatic carbocycles. The summed E-state index contributed by atoms with van der Waals surface area (Å²) in [5.41, 5.74) is 1.66. The molecule has 0 radical (unpaired) electrons. The summed E-state index contributed by atoms with van der Waals surface area (Å²) in [6, 6.07) is 3.78. The van der Waals surface area contributed by atoms with Gasteiger partial charge in [-0.25, -0.2) is 9.97 Å². The number of nitrogens with zero attached hydrogens (tertiary/aromatic N) is 6. The summed E-state index contributed by atoms with van der Waals surface area (Å²) in [5.74, 6) is 1.97. The summed E-state index contributed by atoms with van der Waals surface area (Å²) in [5, 5.41) is 7.93. The lowest BCUT2D eigenvalue weighted by molar-refractivity contribution is 0.686. The van der Waals surface area contributed by atoms with Crippen LogP contribution in [0.3, 0.4) is 0 Å². The molecule has 3 aromatic heterocycles. The fraction of sp³-hybridized carbons (Fsp3) is 0.273. The Bertz CT molecular complexity index is 686. The predicted molar refractivity (Wildman–Crippen MR) is 67.2 cm³/mol. The molecule has 0 saturated heterocycles. The van der Waals surface area contributed by atoms with Crippen molar-refractivity contribution >= 4 is 22.8 Å². The third-order valence-electron chi connectivity index (χ3n) is 2.81. The van der Waals surface area contributed by atoms with Crippen LogP contribution in [-0.2, 0) is 19.5 Å². The maximum Gasteiger partial charge on any atom is 0.160 e. The zero-order valence-corrected chi connectivity index (χ0v) is 10.5. The van der Waals surface area contributed by atoms with E-state index in [1.807, 2.05) is 28.3 Å². The second kappa shape index (κ2) is 4.38. The molecule has 0 unspecified atom stereocenters. The van der Waals surface area contributed by atoms with E-state index in [1.165, 1.54) is 0 Å². The molecule has 0 fully saturated rings. The highest BCUT2D eigenvalue weighted by molar-refractivity contribution is 6.16. The number of halogens is 1. The van der Waals surface area contributed by atoms with Gasteiger partial charge < -0.3 is 9.13 Å². The average molecular weight is 263 g/mol. The zero-order valence-electron chi connectivity index (χ0n) is 9.78. The van der Waals surface area contributed by atoms with E-state index in [-0.39, 0.29) is 0 Å². The van der Waals surface area contributed by atoms with Gasteiger partial charge in [0.1, 0.15) is 17.7 Å². The quantitative estimate of drug-likeness (QED) is 0.669. The number of imidazole rings is 1. The summed E-state index contributed by atoms with van der Waals surface area (Å²) in [6.45, 7) is 0.562. The predicted octanol–water partition coefficient (Wildman–Crippen LogP) is 1.35. The van der Waals surface area contributed by atoms with E-state index in [4.69, 9.17) is 11.6 Å². The molecule has 3 aromatic rings. The molecule has 3 rings (SSSR count). The Hall–Kier alpha value is -1.95. The van der Waals surface area contributed by atoms with Gasteiger partial charge in [-0.3, -0.25) is 0 Å². The average Bonchev–Trinajstić information content (AvgIpc) is 2.95. The minimum Gasteiger partial charge on any atom is -0.319 e. The van der Waals surface area contributed by atoms with Gasteiger partial charge in [-0.15, -0.1) is 21.8 Å². The van der Waals surface area contributed by atoms with Crippen molar-refractivity contribution in [1.82, 2.24) is 29.3 Å². The molecule has 18 heavy (non-hydrogen) atoms. The molecule has 7 heteroatoms. The summed E-state index contributed by atoms with van der Waals surface area (Å²) in [4.78, 5) is 8.80. The monoisotopic (exact) mass is 262 g/mol. The lowest BCUT2D eigenvalue weighted by Gasteiger charge is -2.05. The lowest BCUT2D eigenvalue weighted by atomic mass is 10.4. The first kappa shape index (κ1) is 11.2. The fourth-order valence-electron chi connectivity index (χ4n) is 1.87. The molecule has 0 aliphatic heterocycles. The van der Waals surface area contributed by atoms with Crippen LogP contribution in [0.15, 0.2) is 24.7 Å². The Kier molecular flexibility index (Phi) is 2.71. The van der Waals surface area contributed by atoms with E-state index >= 15 is 0 Å². The molecule has 0 aliphatic rings. The van der Waals surface area contributed by atoms with Gasteiger partial charge in [-0.05, 0) is 12.1 Å². The van der Waals surface area contributed by atoms with Crippen LogP contribution in [0.4, 0.5) is 0 Å². The van der Waals surface area contributed by atoms with Crippen LogP contribution in [0.2, 0.25) is 0 Å². The van der Waals surface area contributed by atoms with Gasteiger partial charge in [0.2, 0.25) is 0 Å². The van der Waals surface area contributed by atoms with E-state index in [1.54, 1.807) is 12.5 Å². The van der Waals surface area contributed by atoms with Gasteiger partial charge in [0.15, 0.2) is 11.5 Å². The van der Waals surface area contributed by atoms with Crippen molar-refractivity contribution in [3.8, 4) is 0 Å². The van der Waals surface area contributed by atoms with Gasteiger partial charge in [0.05, 0.1) is 12.4 Å². The molecule has 3 heterocycles. The maximum absolute atomic E-state index is 5.93. The molecule has 0 N–H and O–H groups in total. The minimum absolute atomic E-state index is 0.341. The van der Waals surface area contributed by atoms with Crippen LogP contribution in [0.1, 0.15) is 11.6 Å². The van der Waals surface area contributed by atoms with Crippen molar-refractivity contribution in [2.24, 2.45) is 7.05 Å². The smallest absolute Gasteiger partial charge is 0.160 e. The van der Waals surface area contributed by atoms with E-state index in [0.29, 0.717) is 12.4 Å². The number of hydrogen-bond acceptors (Lipinski definition) is 4. The summed E-state index contributed by atoms with van der Waals surface area (Å²) < 4.78 is 3.83. The Balaban J connectivity index is 2.12. The second-order valence-electron chi connectivity index (χ2n) is 3.95. The molecular formula is C11H11ClN6. The Morgan fingerprint density at radius 1 is 1.33 bits per heavy atom. The van der Waals surface area contributed by atoms with Gasteiger partial charge in [-0.2, -0.15) is 0 Å². The standard InChI is InChI=1S/C11H11ClN6/c1-17-7-14-16-10(17)6-18-9(5-12)15-8-3-2-4-13-11(8)18/h2-4,7H,5-6H2,1H3. The number of aromatic nitrogens is 6. The zero-order chi connectivity index (χ0) is 12.5. The van der Waals surface area contributed by atoms with Crippen LogP contribution in [0, 0.1) is 0 Å². The molecule has 6 nitrogen and oxygen atoms in total. The van der Waals surface area contributed by atoms with Crippen LogP contribution in [0.5, 0.6) is 0 Å². The fourth-order valence-corrected chi connectivity index (χ4v) is 2.07. The highest BCUT2D eigenvalue weighted by Gasteiger charge is 2.12. The third kappa shape index (κ3) is 1.74. The Morgan fingerprint density at radius 3 is 2.94 bits per heavy atom. The molecule has 0 amide bonds. The normalized spacial score (nSPS) is 11.2. The van der Waals surface area contributed by atoms with Crippen molar-refractivity contribution in [2.45, 2.75) is 12.4 Å². The number of fused-ring (bicyclic) bond motifs is 1. The van der Waals surface area contributed by atoms with Gasteiger partial charge >= 0.3 is 0 Å². The van der Waals surface area contributed by atoms with E-state index < -0.39 is 0 Å². The number of rotatable bonds is 3. The van der Waals surface area contributed by atoms with Gasteiger partial charge in [0.25, 0.3) is 0 Å². The number of aryl methyl sites for hydroxylation is 1. The van der Waals surface area contributed by atoms with Crippen molar-refractivity contribution in [3.63, 3.8) is 0 Å². The van der Waals surface area contributed by atoms with E-state index in [0.717, 1.165) is 22.8 Å². The van der Waals surface area contributed by atoms with Crippen molar-refractivity contribution < 1.29 is 0 Å². The van der Waals surface area contributed by atoms with Crippen LogP contribution in [-0.4, -0.2) is 29.3 Å². The van der Waals surface area contributed by atoms with Gasteiger partial charge in [-0.1, -0.05) is 0 Å². The first-order valence-electron chi connectivity index (χ1n) is 5.48. The van der Waals surface area contributed by atoms with Gasteiger partial charge in [0, 0.05) is 13.2 Å². The van der Waals surface area contributed by atoms with Crippen molar-refractivity contribution in [3.05, 3.63) is 36.3 Å². The topological polar surface area (TPSA) is 61.4 Å². The largest absolute Gasteiger partial charge is 0.319 e. The Labute approximate surface area is 108 Å². The van der Waals surface area contributed by atoms with Crippen molar-refractivity contribution in [1.29, 1.82) is 0 Å². The lowest BCUT2D eigenvalue weighted by Crippen LogP contribution is -2.09. The number of hydrogen-bond donors (Lipinski definition) is 0. The molecular weight excluding hydrogens is 252 g/mol. The molecule has 0 aromatic carbocycles. The summed E-state index contributed by atoms with van der Waals surface area (Å²) >= 11 is 5.93. The highest BCUT2D eigenvalue weighted by Crippen LogP contribution is 2.16. The molecule has 0 spiro atoms. The number of pyridine rings is 1. The number of alkyl halides is 1. The van der Waals surface area contributed by atoms with Crippen LogP contribution < -0.4 is 0 Å². The molecule has 0 atom stereocenters. The first-order valence-corrected chi connectivity index (χ1v) is 6.02. The molecule has 0 bridgehead atoms. The molecule has 0 saturated carbocycles. The SMILES string of the molecule is Cn1cnnc1Cn1c(CCl)nc2cccnc21. The highest BCUT2D eigenvalue weighted by atomic mass is 35.5. The second-order valence-corrected chi connectivity index (χ2v) is 4.22. The Morgan fingerprint density at radius 2 is 2.22 bits per heavy atom. The summed E-state index contributed by atoms with van der Waals surface area (Å²) in [6.07, 6.45) is 3.41. The van der Waals surface area contributed by atoms with Crippen LogP contribution in [0.25, 0.3) is 11.2 Å². The third-order valence-corrected chi connectivity index (χ3v) is 3.05. The van der Waals surface area contributed by atoms with E-state index in [2.05, 4.69) is 20.2 Å². The van der Waals surface area contributed by atoms with E-state index in [9.17, 15) is 0 Å². The minimum atomic E-state index is 0.341. The van der Waals surface area contributed by atoms with Crippen LogP contribution >= 0.6 is 11.6 Å². The summed E-state index contributed by atoms with van der Waals surface area (Å²) in [7, 11) is 1.91. The maximum atomic E-state index is 5.93. The van der Waals surface area contributed by atoms with Crippen molar-refractivity contribution in [2.75, 3.05) is 0 Å².